The molecule has 1 aliphatic carbocycles. The monoisotopic (exact) mass is 373 g/mol. The Balaban J connectivity index is 2.20. The minimum absolute atomic E-state index is 0.304. The quantitative estimate of drug-likeness (QED) is 0.801. The second kappa shape index (κ2) is 5.48. The van der Waals surface area contributed by atoms with Gasteiger partial charge in [0.1, 0.15) is 5.54 Å². The van der Waals surface area contributed by atoms with Crippen molar-refractivity contribution in [1.82, 2.24) is 5.32 Å². The molecule has 0 heterocycles. The Kier molecular flexibility index (Phi) is 4.13. The fourth-order valence-electron chi connectivity index (χ4n) is 2.39. The van der Waals surface area contributed by atoms with Crippen LogP contribution >= 0.6 is 22.6 Å². The lowest BCUT2D eigenvalue weighted by Crippen LogP contribution is -2.52. The van der Waals surface area contributed by atoms with Crippen LogP contribution in [0, 0.1) is 10.5 Å². The number of rotatable bonds is 3. The highest BCUT2D eigenvalue weighted by atomic mass is 127. The number of nitrogens with one attached hydrogen (secondary N) is 1. The Bertz CT molecular complexity index is 521. The SMILES string of the molecule is Cc1ccc(C(=O)NC2(C(=O)O)CCCC2)cc1I. The molecule has 0 radical (unpaired) electrons. The number of carboxylic acid groups (broad SMARTS) is 1. The van der Waals surface area contributed by atoms with E-state index in [1.165, 1.54) is 0 Å². The Morgan fingerprint density at radius 1 is 1.32 bits per heavy atom. The molecule has 0 unspecified atom stereocenters. The van der Waals surface area contributed by atoms with E-state index < -0.39 is 11.5 Å². The van der Waals surface area contributed by atoms with Crippen LogP contribution in [-0.2, 0) is 4.79 Å². The molecule has 4 nitrogen and oxygen atoms in total. The summed E-state index contributed by atoms with van der Waals surface area (Å²) in [6.07, 6.45) is 2.71. The van der Waals surface area contributed by atoms with Gasteiger partial charge in [-0.25, -0.2) is 4.79 Å². The van der Waals surface area contributed by atoms with Gasteiger partial charge in [0.05, 0.1) is 0 Å². The average Bonchev–Trinajstić information content (AvgIpc) is 2.82. The molecule has 1 saturated carbocycles. The van der Waals surface area contributed by atoms with Crippen molar-refractivity contribution in [2.75, 3.05) is 0 Å². The zero-order valence-corrected chi connectivity index (χ0v) is 12.9. The highest BCUT2D eigenvalue weighted by Crippen LogP contribution is 2.30. The molecule has 102 valence electrons. The summed E-state index contributed by atoms with van der Waals surface area (Å²) in [5.74, 6) is -1.23. The van der Waals surface area contributed by atoms with Gasteiger partial charge in [0.25, 0.3) is 5.91 Å². The van der Waals surface area contributed by atoms with Gasteiger partial charge in [0, 0.05) is 9.13 Å². The lowest BCUT2D eigenvalue weighted by atomic mass is 9.97. The molecule has 0 bridgehead atoms. The minimum Gasteiger partial charge on any atom is -0.480 e. The van der Waals surface area contributed by atoms with Crippen molar-refractivity contribution in [2.45, 2.75) is 38.1 Å². The van der Waals surface area contributed by atoms with Crippen LogP contribution in [0.1, 0.15) is 41.6 Å². The van der Waals surface area contributed by atoms with Gasteiger partial charge in [-0.2, -0.15) is 0 Å². The van der Waals surface area contributed by atoms with Crippen LogP contribution in [-0.4, -0.2) is 22.5 Å². The van der Waals surface area contributed by atoms with Gasteiger partial charge in [0.15, 0.2) is 0 Å². The first-order valence-corrected chi connectivity index (χ1v) is 7.34. The molecule has 0 aromatic heterocycles. The summed E-state index contributed by atoms with van der Waals surface area (Å²) in [5, 5.41) is 12.1. The van der Waals surface area contributed by atoms with Crippen LogP contribution in [0.3, 0.4) is 0 Å². The number of hydrogen-bond donors (Lipinski definition) is 2. The van der Waals surface area contributed by atoms with E-state index in [-0.39, 0.29) is 5.91 Å². The Hall–Kier alpha value is -1.11. The smallest absolute Gasteiger partial charge is 0.329 e. The highest BCUT2D eigenvalue weighted by molar-refractivity contribution is 14.1. The first-order chi connectivity index (χ1) is 8.94. The number of aliphatic carboxylic acids is 1. The zero-order valence-electron chi connectivity index (χ0n) is 10.7. The molecular weight excluding hydrogens is 357 g/mol. The Morgan fingerprint density at radius 3 is 2.47 bits per heavy atom. The number of amides is 1. The highest BCUT2D eigenvalue weighted by Gasteiger charge is 2.42. The van der Waals surface area contributed by atoms with E-state index in [0.717, 1.165) is 22.0 Å². The van der Waals surface area contributed by atoms with Crippen LogP contribution in [0.5, 0.6) is 0 Å². The first-order valence-electron chi connectivity index (χ1n) is 6.27. The van der Waals surface area contributed by atoms with Crippen molar-refractivity contribution in [3.63, 3.8) is 0 Å². The second-order valence-corrected chi connectivity index (χ2v) is 6.17. The van der Waals surface area contributed by atoms with E-state index in [0.29, 0.717) is 18.4 Å². The fraction of sp³-hybridized carbons (Fsp3) is 0.429. The van der Waals surface area contributed by atoms with Crippen LogP contribution in [0.25, 0.3) is 0 Å². The summed E-state index contributed by atoms with van der Waals surface area (Å²) < 4.78 is 1.00. The molecule has 2 rings (SSSR count). The van der Waals surface area contributed by atoms with E-state index >= 15 is 0 Å². The molecule has 1 amide bonds. The zero-order chi connectivity index (χ0) is 14.0. The normalized spacial score (nSPS) is 17.2. The molecule has 5 heteroatoms. The van der Waals surface area contributed by atoms with Gasteiger partial charge in [-0.1, -0.05) is 18.9 Å². The molecule has 2 N–H and O–H groups in total. The summed E-state index contributed by atoms with van der Waals surface area (Å²) in [7, 11) is 0. The van der Waals surface area contributed by atoms with Crippen molar-refractivity contribution in [1.29, 1.82) is 0 Å². The number of aryl methyl sites for hydroxylation is 1. The third kappa shape index (κ3) is 2.91. The second-order valence-electron chi connectivity index (χ2n) is 5.01. The summed E-state index contributed by atoms with van der Waals surface area (Å²) in [4.78, 5) is 23.6. The van der Waals surface area contributed by atoms with Crippen LogP contribution in [0.2, 0.25) is 0 Å². The van der Waals surface area contributed by atoms with Gasteiger partial charge in [-0.05, 0) is 60.1 Å². The standard InChI is InChI=1S/C14H16INO3/c1-9-4-5-10(8-11(9)15)12(17)16-14(13(18)19)6-2-3-7-14/h4-5,8H,2-3,6-7H2,1H3,(H,16,17)(H,18,19). The number of carbonyl (C=O) groups excluding carboxylic acids is 1. The van der Waals surface area contributed by atoms with E-state index in [1.54, 1.807) is 12.1 Å². The summed E-state index contributed by atoms with van der Waals surface area (Å²) in [6, 6.07) is 5.39. The number of hydrogen-bond acceptors (Lipinski definition) is 2. The largest absolute Gasteiger partial charge is 0.480 e. The number of carboxylic acids is 1. The molecule has 0 atom stereocenters. The summed E-state index contributed by atoms with van der Waals surface area (Å²) >= 11 is 2.17. The maximum atomic E-state index is 12.2. The molecule has 19 heavy (non-hydrogen) atoms. The Labute approximate surface area is 125 Å². The molecular formula is C14H16INO3. The fourth-order valence-corrected chi connectivity index (χ4v) is 2.91. The van der Waals surface area contributed by atoms with Crippen LogP contribution in [0.4, 0.5) is 0 Å². The van der Waals surface area contributed by atoms with Crippen molar-refractivity contribution < 1.29 is 14.7 Å². The maximum Gasteiger partial charge on any atom is 0.329 e. The third-order valence-electron chi connectivity index (χ3n) is 3.65. The molecule has 1 fully saturated rings. The summed E-state index contributed by atoms with van der Waals surface area (Å²) in [6.45, 7) is 1.97. The molecule has 0 aliphatic heterocycles. The van der Waals surface area contributed by atoms with Crippen molar-refractivity contribution in [2.24, 2.45) is 0 Å². The first kappa shape index (κ1) is 14.3. The average molecular weight is 373 g/mol. The van der Waals surface area contributed by atoms with Crippen molar-refractivity contribution in [3.05, 3.63) is 32.9 Å². The molecule has 1 aromatic carbocycles. The summed E-state index contributed by atoms with van der Waals surface area (Å²) in [5.41, 5.74) is 0.543. The topological polar surface area (TPSA) is 66.4 Å². The van der Waals surface area contributed by atoms with E-state index in [2.05, 4.69) is 27.9 Å². The predicted octanol–water partition coefficient (Wildman–Crippen LogP) is 2.73. The molecule has 0 spiro atoms. The number of halogens is 1. The molecule has 1 aliphatic rings. The number of carbonyl (C=O) groups is 2. The molecule has 0 saturated heterocycles. The maximum absolute atomic E-state index is 12.2. The lowest BCUT2D eigenvalue weighted by Gasteiger charge is -2.25. The van der Waals surface area contributed by atoms with Gasteiger partial charge >= 0.3 is 5.97 Å². The van der Waals surface area contributed by atoms with Crippen molar-refractivity contribution in [3.8, 4) is 0 Å². The Morgan fingerprint density at radius 2 is 1.95 bits per heavy atom. The van der Waals surface area contributed by atoms with Crippen LogP contribution < -0.4 is 5.32 Å². The predicted molar refractivity (Wildman–Crippen MR) is 80.2 cm³/mol. The molecule has 1 aromatic rings. The third-order valence-corrected chi connectivity index (χ3v) is 4.82. The minimum atomic E-state index is -1.08. The van der Waals surface area contributed by atoms with E-state index in [9.17, 15) is 14.7 Å². The van der Waals surface area contributed by atoms with E-state index in [1.807, 2.05) is 13.0 Å². The van der Waals surface area contributed by atoms with Crippen LogP contribution in [0.15, 0.2) is 18.2 Å². The lowest BCUT2D eigenvalue weighted by molar-refractivity contribution is -0.144. The van der Waals surface area contributed by atoms with Gasteiger partial charge in [0.2, 0.25) is 0 Å². The van der Waals surface area contributed by atoms with E-state index in [4.69, 9.17) is 0 Å². The van der Waals surface area contributed by atoms with Gasteiger partial charge in [-0.15, -0.1) is 0 Å². The number of benzene rings is 1. The van der Waals surface area contributed by atoms with Gasteiger partial charge < -0.3 is 10.4 Å². The van der Waals surface area contributed by atoms with Crippen molar-refractivity contribution >= 4 is 34.5 Å². The van der Waals surface area contributed by atoms with Gasteiger partial charge in [-0.3, -0.25) is 4.79 Å².